The van der Waals surface area contributed by atoms with Crippen molar-refractivity contribution in [3.63, 3.8) is 0 Å². The van der Waals surface area contributed by atoms with E-state index in [0.29, 0.717) is 16.7 Å². The van der Waals surface area contributed by atoms with Crippen LogP contribution < -0.4 is 0 Å². The van der Waals surface area contributed by atoms with Gasteiger partial charge in [-0.25, -0.2) is 8.78 Å². The van der Waals surface area contributed by atoms with E-state index >= 15 is 0 Å². The van der Waals surface area contributed by atoms with Crippen LogP contribution in [0.3, 0.4) is 0 Å². The lowest BCUT2D eigenvalue weighted by Gasteiger charge is -2.18. The summed E-state index contributed by atoms with van der Waals surface area (Å²) in [5, 5.41) is 21.6. The van der Waals surface area contributed by atoms with Gasteiger partial charge in [0, 0.05) is 41.6 Å². The summed E-state index contributed by atoms with van der Waals surface area (Å²) in [5.74, 6) is -1.55. The molecular weight excluding hydrogens is 348 g/mol. The molecule has 1 unspecified atom stereocenters. The second kappa shape index (κ2) is 8.10. The maximum atomic E-state index is 13.6. The Bertz CT molecular complexity index is 934. The highest BCUT2D eigenvalue weighted by molar-refractivity contribution is 5.64. The van der Waals surface area contributed by atoms with Crippen molar-refractivity contribution < 1.29 is 19.0 Å². The minimum atomic E-state index is -1.17. The molecule has 1 aromatic heterocycles. The molecule has 0 radical (unpaired) electrons. The van der Waals surface area contributed by atoms with Crippen LogP contribution in [0.2, 0.25) is 0 Å². The molecule has 3 aromatic rings. The Morgan fingerprint density at radius 2 is 1.70 bits per heavy atom. The van der Waals surface area contributed by atoms with E-state index in [-0.39, 0.29) is 17.8 Å². The van der Waals surface area contributed by atoms with Crippen molar-refractivity contribution in [2.45, 2.75) is 19.4 Å². The Labute approximate surface area is 156 Å². The zero-order valence-corrected chi connectivity index (χ0v) is 14.7. The smallest absolute Gasteiger partial charge is 0.126 e. The van der Waals surface area contributed by atoms with Gasteiger partial charge in [-0.2, -0.15) is 0 Å². The maximum absolute atomic E-state index is 13.6. The normalized spacial score (nSPS) is 13.2. The molecule has 0 fully saturated rings. The summed E-state index contributed by atoms with van der Waals surface area (Å²) in [6, 6.07) is 13.6. The van der Waals surface area contributed by atoms with Crippen molar-refractivity contribution in [1.29, 1.82) is 0 Å². The van der Waals surface area contributed by atoms with Crippen LogP contribution in [-0.4, -0.2) is 15.2 Å². The molecule has 0 aliphatic carbocycles. The quantitative estimate of drug-likeness (QED) is 0.630. The van der Waals surface area contributed by atoms with Crippen LogP contribution in [0.15, 0.2) is 72.6 Å². The highest BCUT2D eigenvalue weighted by Crippen LogP contribution is 2.31. The van der Waals surface area contributed by atoms with Gasteiger partial charge in [0.25, 0.3) is 0 Å². The van der Waals surface area contributed by atoms with Gasteiger partial charge in [0.05, 0.1) is 0 Å². The van der Waals surface area contributed by atoms with Crippen LogP contribution in [-0.2, 0) is 6.42 Å². The molecular formula is C22H19F2NO2. The number of hydrogen-bond acceptors (Lipinski definition) is 3. The molecule has 27 heavy (non-hydrogen) atoms. The third-order valence-corrected chi connectivity index (χ3v) is 4.28. The number of aromatic nitrogens is 1. The minimum absolute atomic E-state index is 0.0234. The third-order valence-electron chi connectivity index (χ3n) is 4.28. The summed E-state index contributed by atoms with van der Waals surface area (Å²) in [4.78, 5) is 3.98. The molecule has 5 heteroatoms. The molecule has 0 saturated heterocycles. The first-order valence-electron chi connectivity index (χ1n) is 8.46. The van der Waals surface area contributed by atoms with E-state index in [1.54, 1.807) is 30.5 Å². The standard InChI is InChI=1S/C22H19F2NO2/c1-14-4-6-16(7-5-14)21(26)20(22(27)17-3-2-8-25-13-17)11-15-9-18(23)12-19(24)10-15/h2-10,12-13,22,26-27H,11H2,1H3/b21-20+. The van der Waals surface area contributed by atoms with Crippen molar-refractivity contribution in [2.75, 3.05) is 0 Å². The van der Waals surface area contributed by atoms with Gasteiger partial charge < -0.3 is 10.2 Å². The number of halogens is 2. The Kier molecular flexibility index (Phi) is 5.62. The zero-order chi connectivity index (χ0) is 19.4. The molecule has 138 valence electrons. The first-order valence-corrected chi connectivity index (χ1v) is 8.46. The van der Waals surface area contributed by atoms with E-state index in [4.69, 9.17) is 0 Å². The monoisotopic (exact) mass is 367 g/mol. The van der Waals surface area contributed by atoms with Crippen molar-refractivity contribution in [3.05, 3.63) is 106 Å². The fourth-order valence-corrected chi connectivity index (χ4v) is 2.88. The van der Waals surface area contributed by atoms with Gasteiger partial charge in [-0.3, -0.25) is 4.98 Å². The van der Waals surface area contributed by atoms with Crippen LogP contribution >= 0.6 is 0 Å². The van der Waals surface area contributed by atoms with Gasteiger partial charge in [0.15, 0.2) is 0 Å². The Morgan fingerprint density at radius 1 is 1.04 bits per heavy atom. The molecule has 0 aliphatic heterocycles. The summed E-state index contributed by atoms with van der Waals surface area (Å²) in [6.45, 7) is 1.92. The Hall–Kier alpha value is -3.05. The molecule has 0 spiro atoms. The minimum Gasteiger partial charge on any atom is -0.507 e. The number of benzene rings is 2. The number of hydrogen-bond donors (Lipinski definition) is 2. The molecule has 0 amide bonds. The molecule has 0 saturated carbocycles. The number of aliphatic hydroxyl groups is 2. The summed E-state index contributed by atoms with van der Waals surface area (Å²) >= 11 is 0. The van der Waals surface area contributed by atoms with E-state index in [1.807, 2.05) is 19.1 Å². The SMILES string of the molecule is Cc1ccc(/C(O)=C(/Cc2cc(F)cc(F)c2)C(O)c2cccnc2)cc1. The third kappa shape index (κ3) is 4.57. The topological polar surface area (TPSA) is 53.4 Å². The highest BCUT2D eigenvalue weighted by atomic mass is 19.1. The molecule has 0 bridgehead atoms. The summed E-state index contributed by atoms with van der Waals surface area (Å²) in [7, 11) is 0. The molecule has 2 aromatic carbocycles. The average Bonchev–Trinajstić information content (AvgIpc) is 2.65. The Morgan fingerprint density at radius 3 is 2.30 bits per heavy atom. The number of aliphatic hydroxyl groups excluding tert-OH is 2. The molecule has 2 N–H and O–H groups in total. The molecule has 1 atom stereocenters. The maximum Gasteiger partial charge on any atom is 0.126 e. The van der Waals surface area contributed by atoms with Crippen molar-refractivity contribution in [3.8, 4) is 0 Å². The predicted molar refractivity (Wildman–Crippen MR) is 100.0 cm³/mol. The predicted octanol–water partition coefficient (Wildman–Crippen LogP) is 4.91. The van der Waals surface area contributed by atoms with Gasteiger partial charge in [0.2, 0.25) is 0 Å². The highest BCUT2D eigenvalue weighted by Gasteiger charge is 2.20. The van der Waals surface area contributed by atoms with Gasteiger partial charge in [-0.05, 0) is 30.7 Å². The average molecular weight is 367 g/mol. The summed E-state index contributed by atoms with van der Waals surface area (Å²) in [5.41, 5.74) is 2.55. The fraction of sp³-hybridized carbons (Fsp3) is 0.136. The molecule has 1 heterocycles. The lowest BCUT2D eigenvalue weighted by Crippen LogP contribution is -2.08. The largest absolute Gasteiger partial charge is 0.507 e. The van der Waals surface area contributed by atoms with Gasteiger partial charge in [-0.15, -0.1) is 0 Å². The fourth-order valence-electron chi connectivity index (χ4n) is 2.88. The van der Waals surface area contributed by atoms with Crippen molar-refractivity contribution in [1.82, 2.24) is 4.98 Å². The number of aryl methyl sites for hydroxylation is 1. The second-order valence-electron chi connectivity index (χ2n) is 6.38. The van der Waals surface area contributed by atoms with Gasteiger partial charge in [0.1, 0.15) is 23.5 Å². The first kappa shape index (κ1) is 18.7. The van der Waals surface area contributed by atoms with E-state index in [0.717, 1.165) is 11.6 Å². The second-order valence-corrected chi connectivity index (χ2v) is 6.38. The van der Waals surface area contributed by atoms with Crippen LogP contribution in [0.4, 0.5) is 8.78 Å². The van der Waals surface area contributed by atoms with Gasteiger partial charge >= 0.3 is 0 Å². The van der Waals surface area contributed by atoms with E-state index in [2.05, 4.69) is 4.98 Å². The molecule has 3 nitrogen and oxygen atoms in total. The summed E-state index contributed by atoms with van der Waals surface area (Å²) < 4.78 is 27.2. The van der Waals surface area contributed by atoms with Crippen LogP contribution in [0, 0.1) is 18.6 Å². The summed E-state index contributed by atoms with van der Waals surface area (Å²) in [6.07, 6.45) is 1.86. The lowest BCUT2D eigenvalue weighted by molar-refractivity contribution is 0.210. The van der Waals surface area contributed by atoms with E-state index in [9.17, 15) is 19.0 Å². The van der Waals surface area contributed by atoms with Crippen molar-refractivity contribution >= 4 is 5.76 Å². The number of pyridine rings is 1. The zero-order valence-electron chi connectivity index (χ0n) is 14.7. The van der Waals surface area contributed by atoms with Crippen LogP contribution in [0.5, 0.6) is 0 Å². The number of rotatable bonds is 5. The van der Waals surface area contributed by atoms with Gasteiger partial charge in [-0.1, -0.05) is 35.9 Å². The van der Waals surface area contributed by atoms with Crippen molar-refractivity contribution in [2.24, 2.45) is 0 Å². The van der Waals surface area contributed by atoms with E-state index < -0.39 is 17.7 Å². The molecule has 0 aliphatic rings. The van der Waals surface area contributed by atoms with Crippen LogP contribution in [0.25, 0.3) is 5.76 Å². The Balaban J connectivity index is 2.07. The lowest BCUT2D eigenvalue weighted by atomic mass is 9.93. The van der Waals surface area contributed by atoms with E-state index in [1.165, 1.54) is 18.3 Å². The number of nitrogens with zero attached hydrogens (tertiary/aromatic N) is 1. The molecule has 3 rings (SSSR count). The van der Waals surface area contributed by atoms with Crippen LogP contribution in [0.1, 0.15) is 28.4 Å². The first-order chi connectivity index (χ1) is 12.9.